The summed E-state index contributed by atoms with van der Waals surface area (Å²) in [5, 5.41) is 3.61. The molecule has 0 spiro atoms. The molecule has 2 heteroatoms. The number of hydrogen-bond acceptors (Lipinski definition) is 1. The van der Waals surface area contributed by atoms with Gasteiger partial charge in [-0.05, 0) is 97.2 Å². The maximum atomic E-state index is 3.61. The standard InChI is InChI=1S/C16H22IN/c1-18-15(10-11-2-8-14(17)9-3-11)16(12-4-5-12)13-6-7-13/h2-3,8-9,12-13,15-16,18H,4-7,10H2,1H3. The van der Waals surface area contributed by atoms with E-state index in [-0.39, 0.29) is 0 Å². The Balaban J connectivity index is 1.69. The Morgan fingerprint density at radius 1 is 1.11 bits per heavy atom. The lowest BCUT2D eigenvalue weighted by Gasteiger charge is -2.27. The van der Waals surface area contributed by atoms with Gasteiger partial charge in [-0.2, -0.15) is 0 Å². The van der Waals surface area contributed by atoms with E-state index in [0.29, 0.717) is 6.04 Å². The monoisotopic (exact) mass is 355 g/mol. The molecule has 18 heavy (non-hydrogen) atoms. The number of likely N-dealkylation sites (N-methyl/N-ethyl adjacent to an activating group) is 1. The molecule has 98 valence electrons. The van der Waals surface area contributed by atoms with Crippen molar-refractivity contribution in [2.45, 2.75) is 38.1 Å². The summed E-state index contributed by atoms with van der Waals surface area (Å²) in [6.45, 7) is 0. The van der Waals surface area contributed by atoms with Crippen molar-refractivity contribution in [3.8, 4) is 0 Å². The maximum Gasteiger partial charge on any atom is 0.0138 e. The molecule has 2 saturated carbocycles. The van der Waals surface area contributed by atoms with E-state index in [4.69, 9.17) is 0 Å². The third kappa shape index (κ3) is 3.08. The molecule has 3 rings (SSSR count). The van der Waals surface area contributed by atoms with Crippen molar-refractivity contribution >= 4 is 22.6 Å². The number of hydrogen-bond donors (Lipinski definition) is 1. The van der Waals surface area contributed by atoms with Crippen LogP contribution in [0, 0.1) is 21.3 Å². The quantitative estimate of drug-likeness (QED) is 0.765. The second-order valence-corrected chi connectivity index (χ2v) is 7.22. The summed E-state index contributed by atoms with van der Waals surface area (Å²) in [5.41, 5.74) is 1.49. The van der Waals surface area contributed by atoms with Crippen molar-refractivity contribution in [2.24, 2.45) is 17.8 Å². The summed E-state index contributed by atoms with van der Waals surface area (Å²) in [6.07, 6.45) is 7.11. The van der Waals surface area contributed by atoms with Crippen LogP contribution in [0.15, 0.2) is 24.3 Å². The zero-order chi connectivity index (χ0) is 12.5. The minimum Gasteiger partial charge on any atom is -0.316 e. The molecular formula is C16H22IN. The van der Waals surface area contributed by atoms with Crippen LogP contribution < -0.4 is 5.32 Å². The van der Waals surface area contributed by atoms with Crippen LogP contribution in [0.2, 0.25) is 0 Å². The molecule has 0 aromatic heterocycles. The van der Waals surface area contributed by atoms with Gasteiger partial charge in [-0.15, -0.1) is 0 Å². The average molecular weight is 355 g/mol. The van der Waals surface area contributed by atoms with Gasteiger partial charge in [0.2, 0.25) is 0 Å². The van der Waals surface area contributed by atoms with Crippen LogP contribution in [0.25, 0.3) is 0 Å². The molecule has 0 radical (unpaired) electrons. The molecule has 1 atom stereocenters. The van der Waals surface area contributed by atoms with Crippen molar-refractivity contribution in [1.82, 2.24) is 5.32 Å². The van der Waals surface area contributed by atoms with Crippen LogP contribution in [0.5, 0.6) is 0 Å². The molecule has 0 heterocycles. The van der Waals surface area contributed by atoms with Gasteiger partial charge in [-0.3, -0.25) is 0 Å². The summed E-state index contributed by atoms with van der Waals surface area (Å²) < 4.78 is 1.33. The van der Waals surface area contributed by atoms with E-state index in [9.17, 15) is 0 Å². The number of halogens is 1. The topological polar surface area (TPSA) is 12.0 Å². The molecule has 0 amide bonds. The highest BCUT2D eigenvalue weighted by Crippen LogP contribution is 2.51. The highest BCUT2D eigenvalue weighted by molar-refractivity contribution is 14.1. The fourth-order valence-corrected chi connectivity index (χ4v) is 3.67. The molecule has 0 saturated heterocycles. The Labute approximate surface area is 124 Å². The van der Waals surface area contributed by atoms with E-state index < -0.39 is 0 Å². The van der Waals surface area contributed by atoms with Crippen LogP contribution in [-0.4, -0.2) is 13.1 Å². The first kappa shape index (κ1) is 12.9. The number of rotatable bonds is 6. The van der Waals surface area contributed by atoms with E-state index in [1.807, 2.05) is 0 Å². The van der Waals surface area contributed by atoms with Crippen LogP contribution >= 0.6 is 22.6 Å². The lowest BCUT2D eigenvalue weighted by atomic mass is 9.86. The van der Waals surface area contributed by atoms with Crippen LogP contribution in [-0.2, 0) is 6.42 Å². The predicted octanol–water partition coefficient (Wildman–Crippen LogP) is 3.86. The summed E-state index contributed by atoms with van der Waals surface area (Å²) in [5.74, 6) is 2.99. The second kappa shape index (κ2) is 5.49. The Morgan fingerprint density at radius 3 is 2.11 bits per heavy atom. The van der Waals surface area contributed by atoms with Crippen LogP contribution in [0.1, 0.15) is 31.2 Å². The van der Waals surface area contributed by atoms with Gasteiger partial charge in [0.05, 0.1) is 0 Å². The summed E-state index contributed by atoms with van der Waals surface area (Å²) >= 11 is 2.38. The summed E-state index contributed by atoms with van der Waals surface area (Å²) in [4.78, 5) is 0. The van der Waals surface area contributed by atoms with Crippen molar-refractivity contribution in [2.75, 3.05) is 7.05 Å². The maximum absolute atomic E-state index is 3.61. The molecule has 1 nitrogen and oxygen atoms in total. The van der Waals surface area contributed by atoms with E-state index in [1.165, 1.54) is 41.2 Å². The Kier molecular flexibility index (Phi) is 3.94. The summed E-state index contributed by atoms with van der Waals surface area (Å²) in [7, 11) is 2.15. The third-order valence-corrected chi connectivity index (χ3v) is 5.26. The fourth-order valence-electron chi connectivity index (χ4n) is 3.31. The van der Waals surface area contributed by atoms with E-state index in [1.54, 1.807) is 0 Å². The van der Waals surface area contributed by atoms with Gasteiger partial charge in [-0.1, -0.05) is 12.1 Å². The number of benzene rings is 1. The number of nitrogens with one attached hydrogen (secondary N) is 1. The molecule has 1 unspecified atom stereocenters. The molecule has 0 bridgehead atoms. The predicted molar refractivity (Wildman–Crippen MR) is 84.6 cm³/mol. The van der Waals surface area contributed by atoms with Crippen LogP contribution in [0.3, 0.4) is 0 Å². The second-order valence-electron chi connectivity index (χ2n) is 5.98. The van der Waals surface area contributed by atoms with Crippen molar-refractivity contribution in [3.05, 3.63) is 33.4 Å². The first-order chi connectivity index (χ1) is 8.78. The third-order valence-electron chi connectivity index (χ3n) is 4.54. The minimum absolute atomic E-state index is 0.685. The molecule has 2 fully saturated rings. The van der Waals surface area contributed by atoms with Gasteiger partial charge in [0.25, 0.3) is 0 Å². The minimum atomic E-state index is 0.685. The molecule has 0 aliphatic heterocycles. The molecule has 2 aliphatic rings. The molecule has 1 aromatic rings. The van der Waals surface area contributed by atoms with Gasteiger partial charge in [0.1, 0.15) is 0 Å². The lowest BCUT2D eigenvalue weighted by molar-refractivity contribution is 0.293. The van der Waals surface area contributed by atoms with Gasteiger partial charge >= 0.3 is 0 Å². The van der Waals surface area contributed by atoms with E-state index in [2.05, 4.69) is 59.2 Å². The average Bonchev–Trinajstić information content (AvgIpc) is 3.25. The van der Waals surface area contributed by atoms with Crippen LogP contribution in [0.4, 0.5) is 0 Å². The molecule has 1 aromatic carbocycles. The van der Waals surface area contributed by atoms with Gasteiger partial charge in [0, 0.05) is 9.61 Å². The highest BCUT2D eigenvalue weighted by atomic mass is 127. The molecule has 1 N–H and O–H groups in total. The Bertz CT molecular complexity index is 380. The first-order valence-electron chi connectivity index (χ1n) is 7.19. The Morgan fingerprint density at radius 2 is 1.67 bits per heavy atom. The lowest BCUT2D eigenvalue weighted by Crippen LogP contribution is -2.38. The normalized spacial score (nSPS) is 21.3. The fraction of sp³-hybridized carbons (Fsp3) is 0.625. The highest BCUT2D eigenvalue weighted by Gasteiger charge is 2.44. The van der Waals surface area contributed by atoms with Crippen molar-refractivity contribution in [1.29, 1.82) is 0 Å². The molecular weight excluding hydrogens is 333 g/mol. The molecule has 2 aliphatic carbocycles. The van der Waals surface area contributed by atoms with Gasteiger partial charge in [-0.25, -0.2) is 0 Å². The first-order valence-corrected chi connectivity index (χ1v) is 8.27. The van der Waals surface area contributed by atoms with Gasteiger partial charge in [0.15, 0.2) is 0 Å². The largest absolute Gasteiger partial charge is 0.316 e. The Hall–Kier alpha value is -0.0900. The van der Waals surface area contributed by atoms with Crippen molar-refractivity contribution < 1.29 is 0 Å². The smallest absolute Gasteiger partial charge is 0.0138 e. The summed E-state index contributed by atoms with van der Waals surface area (Å²) in [6, 6.07) is 9.73. The van der Waals surface area contributed by atoms with Gasteiger partial charge < -0.3 is 5.32 Å². The van der Waals surface area contributed by atoms with E-state index in [0.717, 1.165) is 17.8 Å². The SMILES string of the molecule is CNC(Cc1ccc(I)cc1)C(C1CC1)C1CC1. The van der Waals surface area contributed by atoms with E-state index >= 15 is 0 Å². The van der Waals surface area contributed by atoms with Crippen molar-refractivity contribution in [3.63, 3.8) is 0 Å². The zero-order valence-electron chi connectivity index (χ0n) is 11.0. The zero-order valence-corrected chi connectivity index (χ0v) is 13.2.